The number of rotatable bonds is 3. The van der Waals surface area contributed by atoms with Gasteiger partial charge >= 0.3 is 0 Å². The van der Waals surface area contributed by atoms with Gasteiger partial charge in [-0.3, -0.25) is 4.98 Å². The Hall–Kier alpha value is -0.930. The molecule has 1 saturated heterocycles. The van der Waals surface area contributed by atoms with Crippen LogP contribution in [0.15, 0.2) is 18.3 Å². The van der Waals surface area contributed by atoms with Crippen LogP contribution in [0.5, 0.6) is 0 Å². The minimum atomic E-state index is 0.363. The number of aromatic nitrogens is 1. The van der Waals surface area contributed by atoms with E-state index in [1.807, 2.05) is 12.3 Å². The van der Waals surface area contributed by atoms with Crippen LogP contribution in [-0.2, 0) is 11.2 Å². The molecule has 2 heterocycles. The number of nitrogens with one attached hydrogen (secondary N) is 1. The van der Waals surface area contributed by atoms with Crippen molar-refractivity contribution >= 4 is 0 Å². The molecule has 98 valence electrons. The second kappa shape index (κ2) is 5.37. The lowest BCUT2D eigenvalue weighted by Gasteiger charge is -2.34. The third-order valence-corrected chi connectivity index (χ3v) is 4.38. The Labute approximate surface area is 109 Å². The zero-order chi connectivity index (χ0) is 12.4. The van der Waals surface area contributed by atoms with Crippen LogP contribution in [0.1, 0.15) is 42.9 Å². The number of hydrogen-bond acceptors (Lipinski definition) is 3. The predicted octanol–water partition coefficient (Wildman–Crippen LogP) is 2.27. The van der Waals surface area contributed by atoms with E-state index >= 15 is 0 Å². The van der Waals surface area contributed by atoms with Crippen molar-refractivity contribution in [2.24, 2.45) is 0 Å². The lowest BCUT2D eigenvalue weighted by Crippen LogP contribution is -2.45. The molecule has 0 spiro atoms. The van der Waals surface area contributed by atoms with Gasteiger partial charge in [-0.05, 0) is 50.8 Å². The van der Waals surface area contributed by atoms with Crippen LogP contribution in [0.25, 0.3) is 0 Å². The largest absolute Gasteiger partial charge is 0.377 e. The van der Waals surface area contributed by atoms with Crippen molar-refractivity contribution in [2.75, 3.05) is 13.7 Å². The Kier molecular flexibility index (Phi) is 3.62. The van der Waals surface area contributed by atoms with Crippen LogP contribution in [0, 0.1) is 0 Å². The molecule has 1 N–H and O–H groups in total. The Morgan fingerprint density at radius 2 is 2.33 bits per heavy atom. The third kappa shape index (κ3) is 2.17. The van der Waals surface area contributed by atoms with Gasteiger partial charge in [0.05, 0.1) is 6.10 Å². The average molecular weight is 246 g/mol. The van der Waals surface area contributed by atoms with Gasteiger partial charge in [-0.2, -0.15) is 0 Å². The smallest absolute Gasteiger partial charge is 0.0734 e. The molecule has 18 heavy (non-hydrogen) atoms. The SMILES string of the molecule is CNC(C1CCCCO1)C1CCc2cccnc21. The first-order chi connectivity index (χ1) is 8.90. The van der Waals surface area contributed by atoms with Crippen LogP contribution in [-0.4, -0.2) is 30.8 Å². The number of ether oxygens (including phenoxy) is 1. The number of likely N-dealkylation sites (N-methyl/N-ethyl adjacent to an activating group) is 1. The maximum absolute atomic E-state index is 5.97. The molecule has 0 bridgehead atoms. The highest BCUT2D eigenvalue weighted by atomic mass is 16.5. The van der Waals surface area contributed by atoms with Gasteiger partial charge < -0.3 is 10.1 Å². The van der Waals surface area contributed by atoms with Crippen LogP contribution in [0.4, 0.5) is 0 Å². The molecule has 3 unspecified atom stereocenters. The molecule has 2 aliphatic rings. The molecule has 1 fully saturated rings. The van der Waals surface area contributed by atoms with E-state index < -0.39 is 0 Å². The summed E-state index contributed by atoms with van der Waals surface area (Å²) in [5.41, 5.74) is 2.73. The average Bonchev–Trinajstić information content (AvgIpc) is 2.85. The molecule has 3 atom stereocenters. The molecule has 1 aromatic rings. The normalized spacial score (nSPS) is 28.9. The van der Waals surface area contributed by atoms with Crippen molar-refractivity contribution in [3.05, 3.63) is 29.6 Å². The quantitative estimate of drug-likeness (QED) is 0.888. The topological polar surface area (TPSA) is 34.1 Å². The van der Waals surface area contributed by atoms with Gasteiger partial charge in [0.2, 0.25) is 0 Å². The number of hydrogen-bond donors (Lipinski definition) is 1. The molecule has 0 radical (unpaired) electrons. The van der Waals surface area contributed by atoms with Crippen molar-refractivity contribution in [2.45, 2.75) is 50.2 Å². The summed E-state index contributed by atoms with van der Waals surface area (Å²) < 4.78 is 5.97. The molecule has 0 saturated carbocycles. The van der Waals surface area contributed by atoms with Gasteiger partial charge in [-0.1, -0.05) is 6.07 Å². The molecule has 3 rings (SSSR count). The van der Waals surface area contributed by atoms with E-state index in [0.29, 0.717) is 18.1 Å². The van der Waals surface area contributed by atoms with Crippen molar-refractivity contribution < 1.29 is 4.74 Å². The highest BCUT2D eigenvalue weighted by Gasteiger charge is 2.35. The second-order valence-corrected chi connectivity index (χ2v) is 5.41. The summed E-state index contributed by atoms with van der Waals surface area (Å²) in [6.45, 7) is 0.921. The predicted molar refractivity (Wildman–Crippen MR) is 71.7 cm³/mol. The van der Waals surface area contributed by atoms with Gasteiger partial charge in [-0.25, -0.2) is 0 Å². The van der Waals surface area contributed by atoms with Crippen molar-refractivity contribution in [3.8, 4) is 0 Å². The minimum absolute atomic E-state index is 0.363. The van der Waals surface area contributed by atoms with Gasteiger partial charge in [0.15, 0.2) is 0 Å². The first-order valence-electron chi connectivity index (χ1n) is 7.13. The minimum Gasteiger partial charge on any atom is -0.377 e. The molecule has 0 aromatic carbocycles. The van der Waals surface area contributed by atoms with Crippen LogP contribution >= 0.6 is 0 Å². The standard InChI is InChI=1S/C15H22N2O/c1-16-15(13-6-2-3-10-18-13)12-8-7-11-5-4-9-17-14(11)12/h4-5,9,12-13,15-16H,2-3,6-8,10H2,1H3. The fraction of sp³-hybridized carbons (Fsp3) is 0.667. The lowest BCUT2D eigenvalue weighted by molar-refractivity contribution is -0.0121. The van der Waals surface area contributed by atoms with Crippen molar-refractivity contribution in [1.29, 1.82) is 0 Å². The third-order valence-electron chi connectivity index (χ3n) is 4.38. The number of aryl methyl sites for hydroxylation is 1. The Morgan fingerprint density at radius 1 is 1.39 bits per heavy atom. The molecule has 1 aliphatic carbocycles. The molecule has 1 aliphatic heterocycles. The monoisotopic (exact) mass is 246 g/mol. The summed E-state index contributed by atoms with van der Waals surface area (Å²) in [6, 6.07) is 4.69. The van der Waals surface area contributed by atoms with E-state index in [1.54, 1.807) is 0 Å². The molecule has 3 nitrogen and oxygen atoms in total. The summed E-state index contributed by atoms with van der Waals surface area (Å²) >= 11 is 0. The van der Waals surface area contributed by atoms with Gasteiger partial charge in [0, 0.05) is 30.5 Å². The number of pyridine rings is 1. The Bertz CT molecular complexity index is 401. The van der Waals surface area contributed by atoms with E-state index in [4.69, 9.17) is 4.74 Å². The van der Waals surface area contributed by atoms with Crippen LogP contribution in [0.2, 0.25) is 0 Å². The Morgan fingerprint density at radius 3 is 3.11 bits per heavy atom. The maximum Gasteiger partial charge on any atom is 0.0734 e. The van der Waals surface area contributed by atoms with Crippen molar-refractivity contribution in [3.63, 3.8) is 0 Å². The number of fused-ring (bicyclic) bond motifs is 1. The molecule has 3 heteroatoms. The van der Waals surface area contributed by atoms with Crippen LogP contribution in [0.3, 0.4) is 0 Å². The molecule has 0 amide bonds. The highest BCUT2D eigenvalue weighted by Crippen LogP contribution is 2.36. The van der Waals surface area contributed by atoms with Crippen molar-refractivity contribution in [1.82, 2.24) is 10.3 Å². The molecular formula is C15H22N2O. The zero-order valence-electron chi connectivity index (χ0n) is 11.1. The molecular weight excluding hydrogens is 224 g/mol. The summed E-state index contributed by atoms with van der Waals surface area (Å²) in [4.78, 5) is 4.61. The zero-order valence-corrected chi connectivity index (χ0v) is 11.1. The Balaban J connectivity index is 1.80. The first kappa shape index (κ1) is 12.1. The maximum atomic E-state index is 5.97. The van der Waals surface area contributed by atoms with Gasteiger partial charge in [-0.15, -0.1) is 0 Å². The van der Waals surface area contributed by atoms with E-state index in [9.17, 15) is 0 Å². The summed E-state index contributed by atoms with van der Waals surface area (Å²) in [6.07, 6.45) is 8.35. The summed E-state index contributed by atoms with van der Waals surface area (Å²) in [5.74, 6) is 0.522. The lowest BCUT2D eigenvalue weighted by atomic mass is 9.89. The van der Waals surface area contributed by atoms with E-state index in [1.165, 1.54) is 43.4 Å². The van der Waals surface area contributed by atoms with E-state index in [2.05, 4.69) is 23.4 Å². The summed E-state index contributed by atoms with van der Waals surface area (Å²) in [5, 5.41) is 3.49. The fourth-order valence-electron chi connectivity index (χ4n) is 3.49. The van der Waals surface area contributed by atoms with E-state index in [0.717, 1.165) is 6.61 Å². The summed E-state index contributed by atoms with van der Waals surface area (Å²) in [7, 11) is 2.06. The molecule has 1 aromatic heterocycles. The highest BCUT2D eigenvalue weighted by molar-refractivity contribution is 5.30. The van der Waals surface area contributed by atoms with Crippen LogP contribution < -0.4 is 5.32 Å². The number of nitrogens with zero attached hydrogens (tertiary/aromatic N) is 1. The van der Waals surface area contributed by atoms with Gasteiger partial charge in [0.25, 0.3) is 0 Å². The first-order valence-corrected chi connectivity index (χ1v) is 7.13. The van der Waals surface area contributed by atoms with E-state index in [-0.39, 0.29) is 0 Å². The fourth-order valence-corrected chi connectivity index (χ4v) is 3.49. The van der Waals surface area contributed by atoms with Gasteiger partial charge in [0.1, 0.15) is 0 Å². The second-order valence-electron chi connectivity index (χ2n) is 5.41.